The van der Waals surface area contributed by atoms with Gasteiger partial charge in [0, 0.05) is 18.2 Å². The van der Waals surface area contributed by atoms with Crippen LogP contribution in [0.3, 0.4) is 0 Å². The minimum atomic E-state index is -0.122. The lowest BCUT2D eigenvalue weighted by Gasteiger charge is -2.28. The van der Waals surface area contributed by atoms with Gasteiger partial charge in [-0.2, -0.15) is 0 Å². The SMILES string of the molecule is COC(=O)CCC1CCc2cc(C)cc(C)c2N1. The molecule has 0 radical (unpaired) electrons. The molecule has 1 unspecified atom stereocenters. The molecule has 1 N–H and O–H groups in total. The van der Waals surface area contributed by atoms with Gasteiger partial charge in [-0.05, 0) is 44.2 Å². The van der Waals surface area contributed by atoms with E-state index in [1.165, 1.54) is 29.5 Å². The van der Waals surface area contributed by atoms with Gasteiger partial charge < -0.3 is 10.1 Å². The first kappa shape index (κ1) is 12.9. The number of carbonyl (C=O) groups is 1. The standard InChI is InChI=1S/C15H21NO2/c1-10-8-11(2)15-12(9-10)4-5-13(16-15)6-7-14(17)18-3/h8-9,13,16H,4-7H2,1-3H3. The van der Waals surface area contributed by atoms with Gasteiger partial charge in [-0.1, -0.05) is 17.7 Å². The largest absolute Gasteiger partial charge is 0.469 e. The van der Waals surface area contributed by atoms with Crippen molar-refractivity contribution in [2.75, 3.05) is 12.4 Å². The Morgan fingerprint density at radius 3 is 2.94 bits per heavy atom. The summed E-state index contributed by atoms with van der Waals surface area (Å²) in [6.07, 6.45) is 3.53. The highest BCUT2D eigenvalue weighted by Crippen LogP contribution is 2.30. The Balaban J connectivity index is 2.03. The highest BCUT2D eigenvalue weighted by molar-refractivity contribution is 5.69. The van der Waals surface area contributed by atoms with Gasteiger partial charge in [0.15, 0.2) is 0 Å². The van der Waals surface area contributed by atoms with E-state index in [1.807, 2.05) is 0 Å². The molecular formula is C15H21NO2. The number of hydrogen-bond acceptors (Lipinski definition) is 3. The normalized spacial score (nSPS) is 17.8. The first-order valence-electron chi connectivity index (χ1n) is 6.53. The molecule has 0 fully saturated rings. The molecule has 0 spiro atoms. The maximum atomic E-state index is 11.2. The van der Waals surface area contributed by atoms with Crippen LogP contribution in [0.25, 0.3) is 0 Å². The number of rotatable bonds is 3. The molecule has 1 atom stereocenters. The van der Waals surface area contributed by atoms with Crippen LogP contribution in [0.4, 0.5) is 5.69 Å². The third-order valence-electron chi connectivity index (χ3n) is 3.60. The number of ether oxygens (including phenoxy) is 1. The van der Waals surface area contributed by atoms with Crippen LogP contribution in [0.5, 0.6) is 0 Å². The zero-order chi connectivity index (χ0) is 13.1. The second kappa shape index (κ2) is 5.42. The summed E-state index contributed by atoms with van der Waals surface area (Å²) < 4.78 is 4.68. The molecule has 2 rings (SSSR count). The summed E-state index contributed by atoms with van der Waals surface area (Å²) in [5, 5.41) is 3.56. The summed E-state index contributed by atoms with van der Waals surface area (Å²) >= 11 is 0. The lowest BCUT2D eigenvalue weighted by atomic mass is 9.92. The summed E-state index contributed by atoms with van der Waals surface area (Å²) in [4.78, 5) is 11.2. The number of methoxy groups -OCH3 is 1. The number of anilines is 1. The number of esters is 1. The van der Waals surface area contributed by atoms with Crippen LogP contribution in [0.2, 0.25) is 0 Å². The zero-order valence-corrected chi connectivity index (χ0v) is 11.4. The monoisotopic (exact) mass is 247 g/mol. The van der Waals surface area contributed by atoms with Crippen LogP contribution in [0.15, 0.2) is 12.1 Å². The second-order valence-electron chi connectivity index (χ2n) is 5.11. The summed E-state index contributed by atoms with van der Waals surface area (Å²) in [6, 6.07) is 4.85. The average molecular weight is 247 g/mol. The fraction of sp³-hybridized carbons (Fsp3) is 0.533. The quantitative estimate of drug-likeness (QED) is 0.834. The van der Waals surface area contributed by atoms with Crippen molar-refractivity contribution in [3.8, 4) is 0 Å². The van der Waals surface area contributed by atoms with Gasteiger partial charge in [0.1, 0.15) is 0 Å². The maximum absolute atomic E-state index is 11.2. The van der Waals surface area contributed by atoms with E-state index in [1.54, 1.807) is 0 Å². The highest BCUT2D eigenvalue weighted by atomic mass is 16.5. The Labute approximate surface area is 109 Å². The Hall–Kier alpha value is -1.51. The van der Waals surface area contributed by atoms with Gasteiger partial charge in [0.05, 0.1) is 7.11 Å². The molecule has 3 nitrogen and oxygen atoms in total. The smallest absolute Gasteiger partial charge is 0.305 e. The molecule has 98 valence electrons. The Kier molecular flexibility index (Phi) is 3.90. The van der Waals surface area contributed by atoms with E-state index in [-0.39, 0.29) is 5.97 Å². The van der Waals surface area contributed by atoms with Gasteiger partial charge >= 0.3 is 5.97 Å². The third kappa shape index (κ3) is 2.84. The van der Waals surface area contributed by atoms with Crippen molar-refractivity contribution in [3.05, 3.63) is 28.8 Å². The van der Waals surface area contributed by atoms with E-state index in [0.717, 1.165) is 19.3 Å². The number of carbonyl (C=O) groups excluding carboxylic acids is 1. The average Bonchev–Trinajstić information content (AvgIpc) is 2.36. The molecule has 1 aromatic carbocycles. The zero-order valence-electron chi connectivity index (χ0n) is 11.4. The van der Waals surface area contributed by atoms with Crippen molar-refractivity contribution < 1.29 is 9.53 Å². The molecule has 0 aliphatic carbocycles. The van der Waals surface area contributed by atoms with Crippen molar-refractivity contribution >= 4 is 11.7 Å². The predicted octanol–water partition coefficient (Wildman–Crippen LogP) is 2.98. The van der Waals surface area contributed by atoms with Crippen molar-refractivity contribution in [1.82, 2.24) is 0 Å². The van der Waals surface area contributed by atoms with E-state index in [0.29, 0.717) is 12.5 Å². The minimum Gasteiger partial charge on any atom is -0.469 e. The number of fused-ring (bicyclic) bond motifs is 1. The number of nitrogens with one attached hydrogen (secondary N) is 1. The second-order valence-corrected chi connectivity index (χ2v) is 5.11. The molecular weight excluding hydrogens is 226 g/mol. The molecule has 1 heterocycles. The molecule has 1 aromatic rings. The Bertz CT molecular complexity index is 454. The highest BCUT2D eigenvalue weighted by Gasteiger charge is 2.20. The fourth-order valence-electron chi connectivity index (χ4n) is 2.68. The topological polar surface area (TPSA) is 38.3 Å². The first-order valence-corrected chi connectivity index (χ1v) is 6.53. The molecule has 0 saturated carbocycles. The number of aryl methyl sites for hydroxylation is 3. The van der Waals surface area contributed by atoms with Crippen LogP contribution < -0.4 is 5.32 Å². The van der Waals surface area contributed by atoms with Crippen molar-refractivity contribution in [2.24, 2.45) is 0 Å². The van der Waals surface area contributed by atoms with Crippen molar-refractivity contribution in [2.45, 2.75) is 45.6 Å². The van der Waals surface area contributed by atoms with Gasteiger partial charge in [-0.3, -0.25) is 4.79 Å². The first-order chi connectivity index (χ1) is 8.60. The van der Waals surface area contributed by atoms with Crippen molar-refractivity contribution in [3.63, 3.8) is 0 Å². The van der Waals surface area contributed by atoms with Gasteiger partial charge in [0.2, 0.25) is 0 Å². The number of hydrogen-bond donors (Lipinski definition) is 1. The lowest BCUT2D eigenvalue weighted by molar-refractivity contribution is -0.140. The summed E-state index contributed by atoms with van der Waals surface area (Å²) in [6.45, 7) is 4.28. The lowest BCUT2D eigenvalue weighted by Crippen LogP contribution is -2.27. The van der Waals surface area contributed by atoms with Crippen LogP contribution in [-0.4, -0.2) is 19.1 Å². The molecule has 0 bridgehead atoms. The maximum Gasteiger partial charge on any atom is 0.305 e. The Morgan fingerprint density at radius 2 is 2.22 bits per heavy atom. The molecule has 0 amide bonds. The summed E-state index contributed by atoms with van der Waals surface area (Å²) in [7, 11) is 1.44. The van der Waals surface area contributed by atoms with E-state index in [9.17, 15) is 4.79 Å². The molecule has 1 aliphatic heterocycles. The van der Waals surface area contributed by atoms with Crippen LogP contribution in [0, 0.1) is 13.8 Å². The fourth-order valence-corrected chi connectivity index (χ4v) is 2.68. The minimum absolute atomic E-state index is 0.122. The van der Waals surface area contributed by atoms with E-state index < -0.39 is 0 Å². The molecule has 3 heteroatoms. The van der Waals surface area contributed by atoms with E-state index >= 15 is 0 Å². The summed E-state index contributed by atoms with van der Waals surface area (Å²) in [5.74, 6) is -0.122. The molecule has 0 aromatic heterocycles. The van der Waals surface area contributed by atoms with Gasteiger partial charge in [-0.25, -0.2) is 0 Å². The van der Waals surface area contributed by atoms with Crippen molar-refractivity contribution in [1.29, 1.82) is 0 Å². The summed E-state index contributed by atoms with van der Waals surface area (Å²) in [5.41, 5.74) is 5.29. The van der Waals surface area contributed by atoms with Crippen LogP contribution in [0.1, 0.15) is 36.0 Å². The van der Waals surface area contributed by atoms with Crippen LogP contribution in [-0.2, 0) is 16.0 Å². The van der Waals surface area contributed by atoms with E-state index in [4.69, 9.17) is 0 Å². The third-order valence-corrected chi connectivity index (χ3v) is 3.60. The van der Waals surface area contributed by atoms with Gasteiger partial charge in [-0.15, -0.1) is 0 Å². The Morgan fingerprint density at radius 1 is 1.44 bits per heavy atom. The van der Waals surface area contributed by atoms with Gasteiger partial charge in [0.25, 0.3) is 0 Å². The van der Waals surface area contributed by atoms with E-state index in [2.05, 4.69) is 36.0 Å². The van der Waals surface area contributed by atoms with Crippen LogP contribution >= 0.6 is 0 Å². The molecule has 18 heavy (non-hydrogen) atoms. The number of benzene rings is 1. The predicted molar refractivity (Wildman–Crippen MR) is 72.9 cm³/mol. The molecule has 0 saturated heterocycles. The molecule has 1 aliphatic rings.